The van der Waals surface area contributed by atoms with Crippen LogP contribution in [-0.2, 0) is 0 Å². The summed E-state index contributed by atoms with van der Waals surface area (Å²) in [6.07, 6.45) is 3.12. The highest BCUT2D eigenvalue weighted by Gasteiger charge is 2.21. The number of benzene rings is 1. The van der Waals surface area contributed by atoms with Crippen LogP contribution in [0.2, 0.25) is 0 Å². The Morgan fingerprint density at radius 2 is 2.05 bits per heavy atom. The molecule has 19 heavy (non-hydrogen) atoms. The third-order valence-corrected chi connectivity index (χ3v) is 3.62. The van der Waals surface area contributed by atoms with Gasteiger partial charge in [-0.05, 0) is 50.5 Å². The maximum absolute atomic E-state index is 12.7. The summed E-state index contributed by atoms with van der Waals surface area (Å²) in [6, 6.07) is 5.78. The molecule has 0 saturated carbocycles. The SMILES string of the molecule is CCCCN(C(=O)c1ccc(N)cc1C)C(C)CC. The topological polar surface area (TPSA) is 46.3 Å². The van der Waals surface area contributed by atoms with Gasteiger partial charge in [0.25, 0.3) is 5.91 Å². The lowest BCUT2D eigenvalue weighted by atomic mass is 10.0. The van der Waals surface area contributed by atoms with E-state index >= 15 is 0 Å². The molecule has 0 aliphatic heterocycles. The van der Waals surface area contributed by atoms with Gasteiger partial charge in [0.2, 0.25) is 0 Å². The molecule has 1 atom stereocenters. The van der Waals surface area contributed by atoms with Crippen LogP contribution in [0.1, 0.15) is 56.0 Å². The number of carbonyl (C=O) groups is 1. The number of rotatable bonds is 6. The molecule has 0 aliphatic rings. The van der Waals surface area contributed by atoms with Gasteiger partial charge in [0, 0.05) is 23.8 Å². The maximum Gasteiger partial charge on any atom is 0.254 e. The van der Waals surface area contributed by atoms with Crippen molar-refractivity contribution in [2.75, 3.05) is 12.3 Å². The zero-order chi connectivity index (χ0) is 14.4. The number of carbonyl (C=O) groups excluding carboxylic acids is 1. The fourth-order valence-electron chi connectivity index (χ4n) is 2.15. The van der Waals surface area contributed by atoms with Crippen LogP contribution in [-0.4, -0.2) is 23.4 Å². The molecule has 0 saturated heterocycles. The largest absolute Gasteiger partial charge is 0.399 e. The Kier molecular flexibility index (Phi) is 5.87. The third-order valence-electron chi connectivity index (χ3n) is 3.62. The van der Waals surface area contributed by atoms with Crippen LogP contribution in [0.5, 0.6) is 0 Å². The molecule has 1 aromatic carbocycles. The molecular formula is C16H26N2O. The summed E-state index contributed by atoms with van der Waals surface area (Å²) in [5, 5.41) is 0. The Hall–Kier alpha value is -1.51. The van der Waals surface area contributed by atoms with Crippen molar-refractivity contribution in [3.8, 4) is 0 Å². The van der Waals surface area contributed by atoms with Crippen LogP contribution < -0.4 is 5.73 Å². The second-order valence-electron chi connectivity index (χ2n) is 5.18. The number of aryl methyl sites for hydroxylation is 1. The summed E-state index contributed by atoms with van der Waals surface area (Å²) in [4.78, 5) is 14.7. The highest BCUT2D eigenvalue weighted by atomic mass is 16.2. The summed E-state index contributed by atoms with van der Waals surface area (Å²) in [7, 11) is 0. The Morgan fingerprint density at radius 3 is 2.58 bits per heavy atom. The van der Waals surface area contributed by atoms with E-state index in [9.17, 15) is 4.79 Å². The highest BCUT2D eigenvalue weighted by molar-refractivity contribution is 5.96. The predicted molar refractivity (Wildman–Crippen MR) is 81.3 cm³/mol. The molecule has 1 rings (SSSR count). The number of nitrogens with zero attached hydrogens (tertiary/aromatic N) is 1. The maximum atomic E-state index is 12.7. The molecule has 0 aromatic heterocycles. The van der Waals surface area contributed by atoms with Crippen molar-refractivity contribution in [3.63, 3.8) is 0 Å². The average molecular weight is 262 g/mol. The predicted octanol–water partition coefficient (Wildman–Crippen LogP) is 3.62. The first kappa shape index (κ1) is 15.5. The van der Waals surface area contributed by atoms with Crippen LogP contribution >= 0.6 is 0 Å². The molecule has 2 N–H and O–H groups in total. The summed E-state index contributed by atoms with van der Waals surface area (Å²) >= 11 is 0. The lowest BCUT2D eigenvalue weighted by Crippen LogP contribution is -2.39. The van der Waals surface area contributed by atoms with Gasteiger partial charge < -0.3 is 10.6 Å². The molecule has 0 heterocycles. The van der Waals surface area contributed by atoms with E-state index in [2.05, 4.69) is 20.8 Å². The molecule has 0 bridgehead atoms. The van der Waals surface area contributed by atoms with Gasteiger partial charge in [-0.2, -0.15) is 0 Å². The lowest BCUT2D eigenvalue weighted by Gasteiger charge is -2.29. The molecule has 1 unspecified atom stereocenters. The van der Waals surface area contributed by atoms with E-state index in [1.165, 1.54) is 0 Å². The molecule has 1 amide bonds. The van der Waals surface area contributed by atoms with E-state index in [1.807, 2.05) is 24.0 Å². The fraction of sp³-hybridized carbons (Fsp3) is 0.562. The first-order valence-corrected chi connectivity index (χ1v) is 7.18. The summed E-state index contributed by atoms with van der Waals surface area (Å²) in [6.45, 7) is 9.15. The Bertz CT molecular complexity index is 429. The van der Waals surface area contributed by atoms with Crippen LogP contribution in [0.4, 0.5) is 5.69 Å². The third kappa shape index (κ3) is 3.98. The monoisotopic (exact) mass is 262 g/mol. The number of amides is 1. The van der Waals surface area contributed by atoms with Gasteiger partial charge >= 0.3 is 0 Å². The summed E-state index contributed by atoms with van der Waals surface area (Å²) in [5.74, 6) is 0.125. The molecule has 0 fully saturated rings. The van der Waals surface area contributed by atoms with Crippen molar-refractivity contribution in [3.05, 3.63) is 29.3 Å². The minimum Gasteiger partial charge on any atom is -0.399 e. The van der Waals surface area contributed by atoms with Gasteiger partial charge in [0.1, 0.15) is 0 Å². The first-order chi connectivity index (χ1) is 9.01. The molecular weight excluding hydrogens is 236 g/mol. The van der Waals surface area contributed by atoms with Crippen molar-refractivity contribution in [1.82, 2.24) is 4.90 Å². The van der Waals surface area contributed by atoms with Crippen LogP contribution in [0.3, 0.4) is 0 Å². The first-order valence-electron chi connectivity index (χ1n) is 7.18. The van der Waals surface area contributed by atoms with Crippen molar-refractivity contribution in [2.24, 2.45) is 0 Å². The molecule has 0 aliphatic carbocycles. The van der Waals surface area contributed by atoms with Gasteiger partial charge in [-0.1, -0.05) is 20.3 Å². The zero-order valence-corrected chi connectivity index (χ0v) is 12.6. The highest BCUT2D eigenvalue weighted by Crippen LogP contribution is 2.17. The Morgan fingerprint density at radius 1 is 1.37 bits per heavy atom. The van der Waals surface area contributed by atoms with Crippen LogP contribution in [0.15, 0.2) is 18.2 Å². The number of hydrogen-bond donors (Lipinski definition) is 1. The number of nitrogens with two attached hydrogens (primary N) is 1. The van der Waals surface area contributed by atoms with E-state index in [-0.39, 0.29) is 11.9 Å². The molecule has 0 radical (unpaired) electrons. The van der Waals surface area contributed by atoms with E-state index in [0.29, 0.717) is 5.69 Å². The number of hydrogen-bond acceptors (Lipinski definition) is 2. The Labute approximate surface area is 116 Å². The molecule has 1 aromatic rings. The minimum atomic E-state index is 0.125. The van der Waals surface area contributed by atoms with Crippen molar-refractivity contribution in [2.45, 2.75) is 53.0 Å². The summed E-state index contributed by atoms with van der Waals surface area (Å²) in [5.41, 5.74) is 8.17. The average Bonchev–Trinajstić information content (AvgIpc) is 2.38. The fourth-order valence-corrected chi connectivity index (χ4v) is 2.15. The van der Waals surface area contributed by atoms with E-state index in [4.69, 9.17) is 5.73 Å². The standard InChI is InChI=1S/C16H26N2O/c1-5-7-10-18(13(4)6-2)16(19)15-9-8-14(17)11-12(15)3/h8-9,11,13H,5-7,10,17H2,1-4H3. The van der Waals surface area contributed by atoms with Crippen molar-refractivity contribution >= 4 is 11.6 Å². The molecule has 0 spiro atoms. The van der Waals surface area contributed by atoms with Gasteiger partial charge in [-0.3, -0.25) is 4.79 Å². The van der Waals surface area contributed by atoms with Crippen LogP contribution in [0.25, 0.3) is 0 Å². The molecule has 106 valence electrons. The van der Waals surface area contributed by atoms with Crippen LogP contribution in [0, 0.1) is 6.92 Å². The summed E-state index contributed by atoms with van der Waals surface area (Å²) < 4.78 is 0. The second-order valence-corrected chi connectivity index (χ2v) is 5.18. The van der Waals surface area contributed by atoms with Crippen molar-refractivity contribution in [1.29, 1.82) is 0 Å². The van der Waals surface area contributed by atoms with E-state index in [1.54, 1.807) is 6.07 Å². The smallest absolute Gasteiger partial charge is 0.254 e. The van der Waals surface area contributed by atoms with E-state index in [0.717, 1.165) is 36.9 Å². The van der Waals surface area contributed by atoms with Crippen molar-refractivity contribution < 1.29 is 4.79 Å². The quantitative estimate of drug-likeness (QED) is 0.796. The number of unbranched alkanes of at least 4 members (excludes halogenated alkanes) is 1. The minimum absolute atomic E-state index is 0.125. The lowest BCUT2D eigenvalue weighted by molar-refractivity contribution is 0.0684. The molecule has 3 nitrogen and oxygen atoms in total. The number of nitrogen functional groups attached to an aromatic ring is 1. The van der Waals surface area contributed by atoms with Gasteiger partial charge in [-0.25, -0.2) is 0 Å². The number of anilines is 1. The van der Waals surface area contributed by atoms with Gasteiger partial charge in [-0.15, -0.1) is 0 Å². The van der Waals surface area contributed by atoms with Gasteiger partial charge in [0.15, 0.2) is 0 Å². The second kappa shape index (κ2) is 7.17. The molecule has 3 heteroatoms. The zero-order valence-electron chi connectivity index (χ0n) is 12.6. The normalized spacial score (nSPS) is 12.2. The van der Waals surface area contributed by atoms with E-state index < -0.39 is 0 Å². The Balaban J connectivity index is 2.97. The van der Waals surface area contributed by atoms with Gasteiger partial charge in [0.05, 0.1) is 0 Å².